The molecule has 1 unspecified atom stereocenters. The number of carbonyl (C=O) groups excluding carboxylic acids is 1. The summed E-state index contributed by atoms with van der Waals surface area (Å²) in [6.45, 7) is 3.00. The van der Waals surface area contributed by atoms with E-state index in [1.807, 2.05) is 30.3 Å². The highest BCUT2D eigenvalue weighted by Crippen LogP contribution is 2.07. The van der Waals surface area contributed by atoms with Crippen molar-refractivity contribution in [2.45, 2.75) is 18.9 Å². The molecule has 1 aliphatic heterocycles. The van der Waals surface area contributed by atoms with Crippen molar-refractivity contribution in [2.24, 2.45) is 0 Å². The highest BCUT2D eigenvalue weighted by molar-refractivity contribution is 5.89. The lowest BCUT2D eigenvalue weighted by Crippen LogP contribution is -2.40. The molecular weight excluding hydrogens is 242 g/mol. The summed E-state index contributed by atoms with van der Waals surface area (Å²) in [4.78, 5) is 13.8. The van der Waals surface area contributed by atoms with Crippen LogP contribution in [0, 0.1) is 0 Å². The zero-order chi connectivity index (χ0) is 13.5. The number of hydrogen-bond acceptors (Lipinski definition) is 3. The number of aliphatic hydroxyl groups excluding tert-OH is 1. The summed E-state index contributed by atoms with van der Waals surface area (Å²) < 4.78 is 0. The highest BCUT2D eigenvalue weighted by atomic mass is 16.3. The Morgan fingerprint density at radius 1 is 1.26 bits per heavy atom. The van der Waals surface area contributed by atoms with Gasteiger partial charge in [-0.25, -0.2) is 4.79 Å². The van der Waals surface area contributed by atoms with Crippen molar-refractivity contribution in [3.8, 4) is 0 Å². The Morgan fingerprint density at radius 3 is 2.63 bits per heavy atom. The van der Waals surface area contributed by atoms with E-state index < -0.39 is 6.10 Å². The first-order valence-corrected chi connectivity index (χ1v) is 6.74. The maximum absolute atomic E-state index is 11.6. The third-order valence-electron chi connectivity index (χ3n) is 3.20. The number of benzene rings is 1. The van der Waals surface area contributed by atoms with E-state index in [1.165, 1.54) is 12.8 Å². The number of rotatable bonds is 5. The van der Waals surface area contributed by atoms with Crippen LogP contribution in [0.25, 0.3) is 0 Å². The standard InChI is InChI=1S/C14H21N3O2/c18-13(11-17-8-4-5-9-17)10-15-14(19)16-12-6-2-1-3-7-12/h1-3,6-7,13,18H,4-5,8-11H2,(H2,15,16,19). The quantitative estimate of drug-likeness (QED) is 0.749. The van der Waals surface area contributed by atoms with E-state index >= 15 is 0 Å². The molecule has 0 radical (unpaired) electrons. The van der Waals surface area contributed by atoms with Crippen molar-refractivity contribution in [1.29, 1.82) is 0 Å². The second-order valence-corrected chi connectivity index (χ2v) is 4.86. The van der Waals surface area contributed by atoms with Gasteiger partial charge in [0, 0.05) is 18.8 Å². The van der Waals surface area contributed by atoms with Crippen LogP contribution in [-0.2, 0) is 0 Å². The zero-order valence-corrected chi connectivity index (χ0v) is 11.0. The molecule has 3 N–H and O–H groups in total. The molecule has 0 saturated carbocycles. The van der Waals surface area contributed by atoms with Gasteiger partial charge in [0.2, 0.25) is 0 Å². The molecule has 0 bridgehead atoms. The summed E-state index contributed by atoms with van der Waals surface area (Å²) in [5.74, 6) is 0. The largest absolute Gasteiger partial charge is 0.390 e. The fraction of sp³-hybridized carbons (Fsp3) is 0.500. The van der Waals surface area contributed by atoms with Crippen LogP contribution in [-0.4, -0.2) is 48.3 Å². The molecule has 1 atom stereocenters. The first-order valence-electron chi connectivity index (χ1n) is 6.74. The molecule has 19 heavy (non-hydrogen) atoms. The fourth-order valence-corrected chi connectivity index (χ4v) is 2.24. The Hall–Kier alpha value is -1.59. The molecule has 1 heterocycles. The summed E-state index contributed by atoms with van der Waals surface area (Å²) in [6, 6.07) is 8.96. The zero-order valence-electron chi connectivity index (χ0n) is 11.0. The van der Waals surface area contributed by atoms with Crippen molar-refractivity contribution in [3.63, 3.8) is 0 Å². The molecule has 0 aromatic heterocycles. The maximum atomic E-state index is 11.6. The lowest BCUT2D eigenvalue weighted by Gasteiger charge is -2.19. The minimum absolute atomic E-state index is 0.273. The van der Waals surface area contributed by atoms with Crippen molar-refractivity contribution >= 4 is 11.7 Å². The molecule has 5 heteroatoms. The topological polar surface area (TPSA) is 64.6 Å². The number of β-amino-alcohol motifs (C(OH)–C–C–N with tert-alkyl or cyclic N) is 1. The van der Waals surface area contributed by atoms with Gasteiger partial charge in [-0.3, -0.25) is 0 Å². The molecule has 5 nitrogen and oxygen atoms in total. The van der Waals surface area contributed by atoms with Gasteiger partial charge in [-0.1, -0.05) is 18.2 Å². The molecule has 104 valence electrons. The normalized spacial score (nSPS) is 17.1. The van der Waals surface area contributed by atoms with Crippen LogP contribution >= 0.6 is 0 Å². The molecule has 1 aromatic carbocycles. The van der Waals surface area contributed by atoms with Crippen molar-refractivity contribution in [3.05, 3.63) is 30.3 Å². The number of carbonyl (C=O) groups is 1. The third-order valence-corrected chi connectivity index (χ3v) is 3.20. The predicted octanol–water partition coefficient (Wildman–Crippen LogP) is 1.26. The molecule has 2 rings (SSSR count). The molecule has 1 fully saturated rings. The third kappa shape index (κ3) is 4.89. The second kappa shape index (κ2) is 7.11. The molecule has 1 saturated heterocycles. The van der Waals surface area contributed by atoms with Gasteiger partial charge in [0.05, 0.1) is 6.10 Å². The van der Waals surface area contributed by atoms with Crippen LogP contribution in [0.1, 0.15) is 12.8 Å². The van der Waals surface area contributed by atoms with Crippen LogP contribution < -0.4 is 10.6 Å². The Kier molecular flexibility index (Phi) is 5.18. The smallest absolute Gasteiger partial charge is 0.319 e. The summed E-state index contributed by atoms with van der Waals surface area (Å²) in [5, 5.41) is 15.2. The monoisotopic (exact) mass is 263 g/mol. The number of para-hydroxylation sites is 1. The van der Waals surface area contributed by atoms with Crippen molar-refractivity contribution in [1.82, 2.24) is 10.2 Å². The number of aliphatic hydroxyl groups is 1. The lowest BCUT2D eigenvalue weighted by molar-refractivity contribution is 0.125. The Morgan fingerprint density at radius 2 is 1.95 bits per heavy atom. The Bertz CT molecular complexity index is 391. The maximum Gasteiger partial charge on any atom is 0.319 e. The van der Waals surface area contributed by atoms with Crippen LogP contribution in [0.3, 0.4) is 0 Å². The van der Waals surface area contributed by atoms with Crippen LogP contribution in [0.4, 0.5) is 10.5 Å². The van der Waals surface area contributed by atoms with Crippen LogP contribution in [0.2, 0.25) is 0 Å². The first kappa shape index (κ1) is 13.8. The summed E-state index contributed by atoms with van der Waals surface area (Å²) in [6.07, 6.45) is 1.89. The molecule has 0 aliphatic carbocycles. The van der Waals surface area contributed by atoms with Gasteiger partial charge in [0.25, 0.3) is 0 Å². The average Bonchev–Trinajstić information content (AvgIpc) is 2.90. The van der Waals surface area contributed by atoms with E-state index in [-0.39, 0.29) is 12.6 Å². The van der Waals surface area contributed by atoms with Crippen LogP contribution in [0.5, 0.6) is 0 Å². The minimum Gasteiger partial charge on any atom is -0.390 e. The Balaban J connectivity index is 1.65. The number of urea groups is 1. The Labute approximate surface area is 113 Å². The second-order valence-electron chi connectivity index (χ2n) is 4.86. The highest BCUT2D eigenvalue weighted by Gasteiger charge is 2.16. The molecule has 1 aromatic rings. The first-order chi connectivity index (χ1) is 9.24. The SMILES string of the molecule is O=C(NCC(O)CN1CCCC1)Nc1ccccc1. The number of nitrogens with zero attached hydrogens (tertiary/aromatic N) is 1. The molecular formula is C14H21N3O2. The van der Waals surface area contributed by atoms with Gasteiger partial charge in [-0.05, 0) is 38.1 Å². The fourth-order valence-electron chi connectivity index (χ4n) is 2.24. The predicted molar refractivity (Wildman–Crippen MR) is 75.1 cm³/mol. The summed E-state index contributed by atoms with van der Waals surface area (Å²) in [5.41, 5.74) is 0.744. The van der Waals surface area contributed by atoms with Gasteiger partial charge < -0.3 is 20.6 Å². The van der Waals surface area contributed by atoms with Gasteiger partial charge in [0.1, 0.15) is 0 Å². The number of likely N-dealkylation sites (tertiary alicyclic amines) is 1. The minimum atomic E-state index is -0.514. The average molecular weight is 263 g/mol. The van der Waals surface area contributed by atoms with Crippen molar-refractivity contribution < 1.29 is 9.90 Å². The lowest BCUT2D eigenvalue weighted by atomic mass is 10.3. The number of anilines is 1. The molecule has 1 aliphatic rings. The van der Waals surface area contributed by atoms with Crippen LogP contribution in [0.15, 0.2) is 30.3 Å². The van der Waals surface area contributed by atoms with E-state index in [2.05, 4.69) is 15.5 Å². The van der Waals surface area contributed by atoms with Gasteiger partial charge in [-0.2, -0.15) is 0 Å². The number of amides is 2. The van der Waals surface area contributed by atoms with E-state index in [0.717, 1.165) is 18.8 Å². The van der Waals surface area contributed by atoms with E-state index in [4.69, 9.17) is 0 Å². The van der Waals surface area contributed by atoms with Gasteiger partial charge >= 0.3 is 6.03 Å². The summed E-state index contributed by atoms with van der Waals surface area (Å²) in [7, 11) is 0. The van der Waals surface area contributed by atoms with E-state index in [1.54, 1.807) is 0 Å². The van der Waals surface area contributed by atoms with Gasteiger partial charge in [-0.15, -0.1) is 0 Å². The number of nitrogens with one attached hydrogen (secondary N) is 2. The van der Waals surface area contributed by atoms with Crippen molar-refractivity contribution in [2.75, 3.05) is 31.5 Å². The molecule has 2 amide bonds. The van der Waals surface area contributed by atoms with Gasteiger partial charge in [0.15, 0.2) is 0 Å². The molecule has 0 spiro atoms. The van der Waals surface area contributed by atoms with E-state index in [9.17, 15) is 9.90 Å². The number of hydrogen-bond donors (Lipinski definition) is 3. The summed E-state index contributed by atoms with van der Waals surface area (Å²) >= 11 is 0. The van der Waals surface area contributed by atoms with E-state index in [0.29, 0.717) is 6.54 Å².